The first-order valence-corrected chi connectivity index (χ1v) is 6.10. The molecule has 0 aromatic heterocycles. The third-order valence-corrected chi connectivity index (χ3v) is 2.93. The van der Waals surface area contributed by atoms with Gasteiger partial charge in [-0.15, -0.1) is 0 Å². The van der Waals surface area contributed by atoms with E-state index < -0.39 is 0 Å². The molecule has 0 aromatic rings. The summed E-state index contributed by atoms with van der Waals surface area (Å²) in [5, 5.41) is 4.59. The quantitative estimate of drug-likeness (QED) is 0.658. The molecule has 3 nitrogen and oxygen atoms in total. The highest BCUT2D eigenvalue weighted by Gasteiger charge is 2.06. The SMILES string of the molecule is CSCCSC1=NO[C@@H](C)C=N1. The Hall–Kier alpha value is -0.160. The van der Waals surface area contributed by atoms with Crippen molar-refractivity contribution in [2.24, 2.45) is 10.1 Å². The van der Waals surface area contributed by atoms with E-state index in [4.69, 9.17) is 4.84 Å². The first kappa shape index (κ1) is 9.92. The van der Waals surface area contributed by atoms with E-state index in [0.29, 0.717) is 0 Å². The van der Waals surface area contributed by atoms with E-state index in [0.717, 1.165) is 16.7 Å². The third kappa shape index (κ3) is 3.49. The zero-order valence-electron chi connectivity index (χ0n) is 7.19. The van der Waals surface area contributed by atoms with Gasteiger partial charge in [0.2, 0.25) is 5.17 Å². The van der Waals surface area contributed by atoms with Gasteiger partial charge < -0.3 is 4.84 Å². The van der Waals surface area contributed by atoms with Crippen LogP contribution in [0, 0.1) is 0 Å². The van der Waals surface area contributed by atoms with Crippen LogP contribution in [0.1, 0.15) is 6.92 Å². The van der Waals surface area contributed by atoms with E-state index in [9.17, 15) is 0 Å². The molecule has 0 saturated carbocycles. The Kier molecular flexibility index (Phi) is 4.53. The van der Waals surface area contributed by atoms with E-state index >= 15 is 0 Å². The summed E-state index contributed by atoms with van der Waals surface area (Å²) < 4.78 is 0. The minimum Gasteiger partial charge on any atom is -0.385 e. The number of oxime groups is 1. The van der Waals surface area contributed by atoms with E-state index in [1.807, 2.05) is 18.7 Å². The molecule has 0 aromatic carbocycles. The molecule has 1 heterocycles. The van der Waals surface area contributed by atoms with Gasteiger partial charge in [0.05, 0.1) is 6.21 Å². The van der Waals surface area contributed by atoms with Gasteiger partial charge in [0, 0.05) is 11.5 Å². The molecule has 1 rings (SSSR count). The third-order valence-electron chi connectivity index (χ3n) is 1.21. The topological polar surface area (TPSA) is 34.0 Å². The number of amidine groups is 1. The van der Waals surface area contributed by atoms with Crippen molar-refractivity contribution in [3.05, 3.63) is 0 Å². The smallest absolute Gasteiger partial charge is 0.225 e. The summed E-state index contributed by atoms with van der Waals surface area (Å²) in [5.41, 5.74) is 0. The fourth-order valence-corrected chi connectivity index (χ4v) is 2.04. The molecule has 0 aliphatic carbocycles. The standard InChI is InChI=1S/C7H12N2OS2/c1-6-5-8-7(9-10-6)12-4-3-11-2/h5-6H,3-4H2,1-2H3/t6-/m0/s1. The largest absolute Gasteiger partial charge is 0.385 e. The van der Waals surface area contributed by atoms with E-state index in [2.05, 4.69) is 16.4 Å². The van der Waals surface area contributed by atoms with Gasteiger partial charge in [0.25, 0.3) is 0 Å². The van der Waals surface area contributed by atoms with Crippen LogP contribution in [0.5, 0.6) is 0 Å². The lowest BCUT2D eigenvalue weighted by Crippen LogP contribution is -2.12. The van der Waals surface area contributed by atoms with E-state index in [1.165, 1.54) is 0 Å². The first-order valence-electron chi connectivity index (χ1n) is 3.72. The van der Waals surface area contributed by atoms with Gasteiger partial charge in [-0.2, -0.15) is 11.8 Å². The van der Waals surface area contributed by atoms with Crippen molar-refractivity contribution in [3.8, 4) is 0 Å². The molecule has 1 aliphatic rings. The first-order chi connectivity index (χ1) is 5.83. The molecule has 0 fully saturated rings. The second-order valence-corrected chi connectivity index (χ2v) is 4.35. The lowest BCUT2D eigenvalue weighted by molar-refractivity contribution is 0.119. The van der Waals surface area contributed by atoms with Crippen LogP contribution in [0.3, 0.4) is 0 Å². The average molecular weight is 204 g/mol. The zero-order valence-corrected chi connectivity index (χ0v) is 8.82. The maximum atomic E-state index is 5.03. The highest BCUT2D eigenvalue weighted by molar-refractivity contribution is 8.14. The summed E-state index contributed by atoms with van der Waals surface area (Å²) in [7, 11) is 0. The van der Waals surface area contributed by atoms with Gasteiger partial charge in [-0.25, -0.2) is 4.99 Å². The summed E-state index contributed by atoms with van der Waals surface area (Å²) in [6, 6.07) is 0. The van der Waals surface area contributed by atoms with Gasteiger partial charge in [0.15, 0.2) is 6.10 Å². The number of hydrogen-bond acceptors (Lipinski definition) is 5. The van der Waals surface area contributed by atoms with Crippen LogP contribution in [-0.2, 0) is 4.84 Å². The molecule has 68 valence electrons. The van der Waals surface area contributed by atoms with E-state index in [-0.39, 0.29) is 6.10 Å². The predicted octanol–water partition coefficient (Wildman–Crippen LogP) is 1.84. The van der Waals surface area contributed by atoms with Crippen LogP contribution >= 0.6 is 23.5 Å². The van der Waals surface area contributed by atoms with Crippen LogP contribution in [-0.4, -0.2) is 35.2 Å². The van der Waals surface area contributed by atoms with Crippen LogP contribution < -0.4 is 0 Å². The van der Waals surface area contributed by atoms with Crippen LogP contribution in [0.2, 0.25) is 0 Å². The summed E-state index contributed by atoms with van der Waals surface area (Å²) in [6.07, 6.45) is 3.88. The lowest BCUT2D eigenvalue weighted by atomic mass is 10.4. The molecular weight excluding hydrogens is 192 g/mol. The molecule has 0 spiro atoms. The molecule has 1 aliphatic heterocycles. The van der Waals surface area contributed by atoms with Crippen LogP contribution in [0.15, 0.2) is 10.1 Å². The number of aliphatic imine (C=N–C) groups is 1. The molecule has 5 heteroatoms. The molecule has 0 saturated heterocycles. The van der Waals surface area contributed by atoms with Gasteiger partial charge in [-0.3, -0.25) is 0 Å². The molecule has 0 amide bonds. The van der Waals surface area contributed by atoms with Gasteiger partial charge in [-0.05, 0) is 13.2 Å². The second-order valence-electron chi connectivity index (χ2n) is 2.30. The summed E-state index contributed by atoms with van der Waals surface area (Å²) in [5.74, 6) is 2.16. The molecule has 1 atom stereocenters. The summed E-state index contributed by atoms with van der Waals surface area (Å²) in [6.45, 7) is 1.91. The minimum absolute atomic E-state index is 0.0231. The highest BCUT2D eigenvalue weighted by atomic mass is 32.2. The van der Waals surface area contributed by atoms with Crippen molar-refractivity contribution in [3.63, 3.8) is 0 Å². The number of hydrogen-bond donors (Lipinski definition) is 0. The zero-order chi connectivity index (χ0) is 8.81. The van der Waals surface area contributed by atoms with Crippen molar-refractivity contribution in [2.75, 3.05) is 17.8 Å². The maximum absolute atomic E-state index is 5.03. The Morgan fingerprint density at radius 3 is 3.00 bits per heavy atom. The molecule has 0 unspecified atom stereocenters. The van der Waals surface area contributed by atoms with E-state index in [1.54, 1.807) is 18.0 Å². The predicted molar refractivity (Wildman–Crippen MR) is 57.3 cm³/mol. The van der Waals surface area contributed by atoms with Gasteiger partial charge in [-0.1, -0.05) is 16.9 Å². The van der Waals surface area contributed by atoms with Crippen molar-refractivity contribution in [2.45, 2.75) is 13.0 Å². The Bertz CT molecular complexity index is 194. The van der Waals surface area contributed by atoms with Crippen molar-refractivity contribution < 1.29 is 4.84 Å². The summed E-state index contributed by atoms with van der Waals surface area (Å²) >= 11 is 3.45. The molecule has 0 N–H and O–H groups in total. The number of nitrogens with zero attached hydrogens (tertiary/aromatic N) is 2. The second kappa shape index (κ2) is 5.48. The molecular formula is C7H12N2OS2. The van der Waals surface area contributed by atoms with Crippen LogP contribution in [0.25, 0.3) is 0 Å². The molecule has 0 radical (unpaired) electrons. The Balaban J connectivity index is 2.21. The fourth-order valence-electron chi connectivity index (χ4n) is 0.628. The normalized spacial score (nSPS) is 21.8. The van der Waals surface area contributed by atoms with Crippen molar-refractivity contribution in [1.82, 2.24) is 0 Å². The van der Waals surface area contributed by atoms with Crippen LogP contribution in [0.4, 0.5) is 0 Å². The van der Waals surface area contributed by atoms with Crippen molar-refractivity contribution >= 4 is 34.9 Å². The van der Waals surface area contributed by atoms with Crippen molar-refractivity contribution in [1.29, 1.82) is 0 Å². The Morgan fingerprint density at radius 2 is 2.42 bits per heavy atom. The molecule has 0 bridgehead atoms. The Labute approximate surface area is 81.0 Å². The fraction of sp³-hybridized carbons (Fsp3) is 0.714. The lowest BCUT2D eigenvalue weighted by Gasteiger charge is -2.09. The van der Waals surface area contributed by atoms with Gasteiger partial charge in [0.1, 0.15) is 0 Å². The monoisotopic (exact) mass is 204 g/mol. The highest BCUT2D eigenvalue weighted by Crippen LogP contribution is 2.11. The Morgan fingerprint density at radius 1 is 1.58 bits per heavy atom. The molecule has 12 heavy (non-hydrogen) atoms. The minimum atomic E-state index is 0.0231. The summed E-state index contributed by atoms with van der Waals surface area (Å²) in [4.78, 5) is 9.17. The number of rotatable bonds is 3. The number of thioether (sulfide) groups is 2. The average Bonchev–Trinajstić information content (AvgIpc) is 2.09. The van der Waals surface area contributed by atoms with Gasteiger partial charge >= 0.3 is 0 Å². The maximum Gasteiger partial charge on any atom is 0.225 e.